The van der Waals surface area contributed by atoms with Gasteiger partial charge >= 0.3 is 12.0 Å². The lowest BCUT2D eigenvalue weighted by molar-refractivity contribution is 0.0696. The van der Waals surface area contributed by atoms with Gasteiger partial charge in [0, 0.05) is 35.2 Å². The Bertz CT molecular complexity index is 1310. The van der Waals surface area contributed by atoms with Crippen LogP contribution in [0.25, 0.3) is 22.0 Å². The summed E-state index contributed by atoms with van der Waals surface area (Å²) in [6, 6.07) is 12.0. The molecule has 4 aromatic rings. The van der Waals surface area contributed by atoms with Gasteiger partial charge in [0.2, 0.25) is 0 Å². The average molecular weight is 415 g/mol. The van der Waals surface area contributed by atoms with Crippen molar-refractivity contribution in [1.29, 1.82) is 0 Å². The molecule has 0 aliphatic heterocycles. The number of pyridine rings is 1. The molecular weight excluding hydrogens is 398 g/mol. The van der Waals surface area contributed by atoms with Crippen LogP contribution in [0.1, 0.15) is 20.7 Å². The molecule has 0 unspecified atom stereocenters. The fraction of sp³-hybridized carbons (Fsp3) is 0.0455. The van der Waals surface area contributed by atoms with Gasteiger partial charge < -0.3 is 20.9 Å². The normalized spacial score (nSPS) is 10.6. The third kappa shape index (κ3) is 3.97. The number of carboxylic acid groups (broad SMARTS) is 1. The van der Waals surface area contributed by atoms with Crippen LogP contribution in [0.4, 0.5) is 11.4 Å². The molecule has 9 nitrogen and oxygen atoms in total. The molecule has 0 spiro atoms. The first kappa shape index (κ1) is 19.8. The molecule has 0 atom stereocenters. The van der Waals surface area contributed by atoms with Gasteiger partial charge in [0.25, 0.3) is 5.91 Å². The summed E-state index contributed by atoms with van der Waals surface area (Å²) in [6.45, 7) is 0. The van der Waals surface area contributed by atoms with Gasteiger partial charge in [-0.3, -0.25) is 9.78 Å². The summed E-state index contributed by atoms with van der Waals surface area (Å²) in [5.74, 6) is -1.70. The molecule has 2 heterocycles. The van der Waals surface area contributed by atoms with E-state index in [1.807, 2.05) is 12.1 Å². The number of nitrogens with zero attached hydrogens (tertiary/aromatic N) is 3. The smallest absolute Gasteiger partial charge is 0.335 e. The number of aromatic nitrogens is 3. The number of benzene rings is 2. The first-order valence-corrected chi connectivity index (χ1v) is 9.15. The number of aromatic carboxylic acids is 1. The van der Waals surface area contributed by atoms with Crippen LogP contribution in [0, 0.1) is 0 Å². The maximum atomic E-state index is 12.0. The molecule has 2 aromatic carbocycles. The van der Waals surface area contributed by atoms with Crippen molar-refractivity contribution in [3.8, 4) is 17.1 Å². The van der Waals surface area contributed by atoms with Crippen molar-refractivity contribution >= 4 is 34.2 Å². The second-order valence-electron chi connectivity index (χ2n) is 6.61. The SMILES string of the molecule is COc1ncc(-c2ccc3c(Nc4cccc(C(=O)O)c4)c(C(N)=O)cnc3c2)cn1. The fourth-order valence-corrected chi connectivity index (χ4v) is 3.14. The van der Waals surface area contributed by atoms with Crippen LogP contribution in [0.15, 0.2) is 61.1 Å². The van der Waals surface area contributed by atoms with Crippen LogP contribution < -0.4 is 15.8 Å². The summed E-state index contributed by atoms with van der Waals surface area (Å²) in [7, 11) is 1.49. The molecule has 4 rings (SSSR count). The summed E-state index contributed by atoms with van der Waals surface area (Å²) >= 11 is 0. The maximum absolute atomic E-state index is 12.0. The van der Waals surface area contributed by atoms with E-state index in [0.29, 0.717) is 22.3 Å². The first-order chi connectivity index (χ1) is 15.0. The van der Waals surface area contributed by atoms with Crippen LogP contribution in [0.3, 0.4) is 0 Å². The molecule has 0 radical (unpaired) electrons. The highest BCUT2D eigenvalue weighted by Crippen LogP contribution is 2.32. The van der Waals surface area contributed by atoms with Crippen molar-refractivity contribution in [1.82, 2.24) is 15.0 Å². The minimum absolute atomic E-state index is 0.116. The number of amides is 1. The Labute approximate surface area is 176 Å². The molecule has 0 saturated carbocycles. The highest BCUT2D eigenvalue weighted by Gasteiger charge is 2.15. The highest BCUT2D eigenvalue weighted by molar-refractivity contribution is 6.08. The number of carbonyl (C=O) groups is 2. The second kappa shape index (κ2) is 8.07. The molecule has 1 amide bonds. The number of anilines is 2. The van der Waals surface area contributed by atoms with Gasteiger partial charge in [-0.2, -0.15) is 0 Å². The van der Waals surface area contributed by atoms with Crippen molar-refractivity contribution in [2.45, 2.75) is 0 Å². The Morgan fingerprint density at radius 3 is 2.45 bits per heavy atom. The standard InChI is InChI=1S/C22H17N5O4/c1-31-22-25-9-14(10-26-22)12-5-6-16-18(8-12)24-11-17(20(23)28)19(16)27-15-4-2-3-13(7-15)21(29)30/h2-11H,1H3,(H2,23,28)(H,24,27)(H,29,30). The van der Waals surface area contributed by atoms with E-state index in [4.69, 9.17) is 10.5 Å². The molecule has 31 heavy (non-hydrogen) atoms. The second-order valence-corrected chi connectivity index (χ2v) is 6.61. The van der Waals surface area contributed by atoms with Crippen LogP contribution in [-0.4, -0.2) is 39.0 Å². The van der Waals surface area contributed by atoms with Crippen LogP contribution in [-0.2, 0) is 0 Å². The number of rotatable bonds is 6. The zero-order chi connectivity index (χ0) is 22.0. The fourth-order valence-electron chi connectivity index (χ4n) is 3.14. The number of carbonyl (C=O) groups excluding carboxylic acids is 1. The van der Waals surface area contributed by atoms with Crippen molar-refractivity contribution < 1.29 is 19.4 Å². The minimum atomic E-state index is -1.05. The first-order valence-electron chi connectivity index (χ1n) is 9.15. The van der Waals surface area contributed by atoms with Crippen molar-refractivity contribution in [3.63, 3.8) is 0 Å². The lowest BCUT2D eigenvalue weighted by Crippen LogP contribution is -2.14. The van der Waals surface area contributed by atoms with Crippen LogP contribution >= 0.6 is 0 Å². The number of methoxy groups -OCH3 is 1. The molecule has 0 aliphatic carbocycles. The number of nitrogens with one attached hydrogen (secondary N) is 1. The van der Waals surface area contributed by atoms with E-state index in [2.05, 4.69) is 20.3 Å². The minimum Gasteiger partial charge on any atom is -0.478 e. The van der Waals surface area contributed by atoms with Crippen molar-refractivity contribution in [3.05, 3.63) is 72.2 Å². The van der Waals surface area contributed by atoms with E-state index < -0.39 is 11.9 Å². The topological polar surface area (TPSA) is 140 Å². The third-order valence-electron chi connectivity index (χ3n) is 4.66. The Morgan fingerprint density at radius 1 is 1.00 bits per heavy atom. The predicted octanol–water partition coefficient (Wildman–Crippen LogP) is 3.24. The molecular formula is C22H17N5O4. The molecule has 4 N–H and O–H groups in total. The van der Waals surface area contributed by atoms with Gasteiger partial charge in [0.05, 0.1) is 29.4 Å². The van der Waals surface area contributed by atoms with E-state index in [1.165, 1.54) is 25.4 Å². The molecule has 0 fully saturated rings. The van der Waals surface area contributed by atoms with Crippen LogP contribution in [0.5, 0.6) is 6.01 Å². The van der Waals surface area contributed by atoms with E-state index in [0.717, 1.165) is 11.1 Å². The zero-order valence-electron chi connectivity index (χ0n) is 16.4. The van der Waals surface area contributed by atoms with E-state index in [9.17, 15) is 14.7 Å². The summed E-state index contributed by atoms with van der Waals surface area (Å²) in [6.07, 6.45) is 4.67. The summed E-state index contributed by atoms with van der Waals surface area (Å²) in [5, 5.41) is 13.0. The Hall–Kier alpha value is -4.53. The Kier molecular flexibility index (Phi) is 5.15. The van der Waals surface area contributed by atoms with E-state index >= 15 is 0 Å². The number of ether oxygens (including phenoxy) is 1. The number of hydrogen-bond acceptors (Lipinski definition) is 7. The molecule has 0 saturated heterocycles. The van der Waals surface area contributed by atoms with Gasteiger partial charge in [-0.15, -0.1) is 0 Å². The number of hydrogen-bond donors (Lipinski definition) is 3. The van der Waals surface area contributed by atoms with Gasteiger partial charge in [0.1, 0.15) is 0 Å². The summed E-state index contributed by atoms with van der Waals surface area (Å²) < 4.78 is 4.98. The Morgan fingerprint density at radius 2 is 1.77 bits per heavy atom. The van der Waals surface area contributed by atoms with Gasteiger partial charge in [-0.05, 0) is 29.8 Å². The highest BCUT2D eigenvalue weighted by atomic mass is 16.5. The Balaban J connectivity index is 1.80. The third-order valence-corrected chi connectivity index (χ3v) is 4.66. The quantitative estimate of drug-likeness (QED) is 0.436. The average Bonchev–Trinajstić information content (AvgIpc) is 2.79. The van der Waals surface area contributed by atoms with Gasteiger partial charge in [-0.1, -0.05) is 18.2 Å². The maximum Gasteiger partial charge on any atom is 0.335 e. The number of primary amides is 1. The van der Waals surface area contributed by atoms with E-state index in [1.54, 1.807) is 30.6 Å². The zero-order valence-corrected chi connectivity index (χ0v) is 16.4. The number of fused-ring (bicyclic) bond motifs is 1. The monoisotopic (exact) mass is 415 g/mol. The summed E-state index contributed by atoms with van der Waals surface area (Å²) in [4.78, 5) is 35.9. The molecule has 154 valence electrons. The largest absolute Gasteiger partial charge is 0.478 e. The van der Waals surface area contributed by atoms with Crippen molar-refractivity contribution in [2.24, 2.45) is 5.73 Å². The van der Waals surface area contributed by atoms with Gasteiger partial charge in [-0.25, -0.2) is 14.8 Å². The number of carboxylic acids is 1. The van der Waals surface area contributed by atoms with Gasteiger partial charge in [0.15, 0.2) is 0 Å². The summed E-state index contributed by atoms with van der Waals surface area (Å²) in [5.41, 5.74) is 9.00. The lowest BCUT2D eigenvalue weighted by atomic mass is 10.0. The predicted molar refractivity (Wildman–Crippen MR) is 115 cm³/mol. The molecule has 0 bridgehead atoms. The van der Waals surface area contributed by atoms with E-state index in [-0.39, 0.29) is 17.1 Å². The lowest BCUT2D eigenvalue weighted by Gasteiger charge is -2.14. The molecule has 0 aliphatic rings. The number of nitrogens with two attached hydrogens (primary N) is 1. The molecule has 2 aromatic heterocycles. The van der Waals surface area contributed by atoms with Crippen LogP contribution in [0.2, 0.25) is 0 Å². The van der Waals surface area contributed by atoms with Crippen molar-refractivity contribution in [2.75, 3.05) is 12.4 Å². The molecule has 9 heteroatoms.